The highest BCUT2D eigenvalue weighted by Crippen LogP contribution is 2.22. The van der Waals surface area contributed by atoms with Crippen LogP contribution in [-0.2, 0) is 4.79 Å². The normalized spacial score (nSPS) is 11.0. The van der Waals surface area contributed by atoms with Crippen molar-refractivity contribution < 1.29 is 4.79 Å². The van der Waals surface area contributed by atoms with E-state index in [0.29, 0.717) is 6.54 Å². The molecule has 2 rings (SSSR count). The van der Waals surface area contributed by atoms with Crippen LogP contribution in [0.25, 0.3) is 10.8 Å². The molecule has 0 saturated heterocycles. The van der Waals surface area contributed by atoms with Crippen molar-refractivity contribution in [1.82, 2.24) is 4.90 Å². The smallest absolute Gasteiger partial charge is 0.238 e. The maximum Gasteiger partial charge on any atom is 0.238 e. The molecule has 0 radical (unpaired) electrons. The minimum absolute atomic E-state index is 0.0254. The lowest BCUT2D eigenvalue weighted by Gasteiger charge is -2.15. The number of rotatable bonds is 5. The highest BCUT2D eigenvalue weighted by molar-refractivity contribution is 9.10. The zero-order chi connectivity index (χ0) is 14.5. The number of fused-ring (bicyclic) bond motifs is 1. The van der Waals surface area contributed by atoms with Crippen molar-refractivity contribution in [1.29, 1.82) is 0 Å². The molecule has 1 amide bonds. The van der Waals surface area contributed by atoms with Gasteiger partial charge in [0.15, 0.2) is 0 Å². The van der Waals surface area contributed by atoms with Gasteiger partial charge in [-0.3, -0.25) is 9.69 Å². The molecule has 2 aromatic rings. The van der Waals surface area contributed by atoms with Crippen LogP contribution in [0, 0.1) is 0 Å². The first-order valence-corrected chi connectivity index (χ1v) is 7.55. The van der Waals surface area contributed by atoms with E-state index in [1.165, 1.54) is 0 Å². The van der Waals surface area contributed by atoms with Gasteiger partial charge >= 0.3 is 0 Å². The quantitative estimate of drug-likeness (QED) is 0.899. The van der Waals surface area contributed by atoms with Crippen LogP contribution in [0.15, 0.2) is 40.9 Å². The summed E-state index contributed by atoms with van der Waals surface area (Å²) in [6.45, 7) is 3.46. The maximum absolute atomic E-state index is 11.9. The Bertz CT molecular complexity index is 612. The van der Waals surface area contributed by atoms with E-state index in [1.807, 2.05) is 42.3 Å². The number of hydrogen-bond donors (Lipinski definition) is 1. The summed E-state index contributed by atoms with van der Waals surface area (Å²) in [5.41, 5.74) is 0.842. The van der Waals surface area contributed by atoms with Crippen molar-refractivity contribution in [3.63, 3.8) is 0 Å². The van der Waals surface area contributed by atoms with Gasteiger partial charge in [-0.05, 0) is 55.1 Å². The molecule has 4 heteroatoms. The Hall–Kier alpha value is -1.39. The van der Waals surface area contributed by atoms with Crippen LogP contribution in [0.5, 0.6) is 0 Å². The third kappa shape index (κ3) is 4.05. The molecule has 0 saturated carbocycles. The van der Waals surface area contributed by atoms with Crippen molar-refractivity contribution in [3.05, 3.63) is 40.9 Å². The van der Waals surface area contributed by atoms with Gasteiger partial charge in [0.2, 0.25) is 5.91 Å². The molecular weight excluding hydrogens is 316 g/mol. The fraction of sp³-hybridized carbons (Fsp3) is 0.312. The number of halogens is 1. The third-order valence-electron chi connectivity index (χ3n) is 3.10. The summed E-state index contributed by atoms with van der Waals surface area (Å²) in [7, 11) is 1.96. The molecule has 0 aliphatic carbocycles. The molecule has 0 unspecified atom stereocenters. The number of hydrogen-bond acceptors (Lipinski definition) is 2. The predicted molar refractivity (Wildman–Crippen MR) is 88.1 cm³/mol. The van der Waals surface area contributed by atoms with E-state index in [9.17, 15) is 4.79 Å². The SMILES string of the molecule is CCCN(C)CC(=O)Nc1ccc2cc(Br)ccc2c1. The Morgan fingerprint density at radius 2 is 1.90 bits per heavy atom. The fourth-order valence-corrected chi connectivity index (χ4v) is 2.58. The van der Waals surface area contributed by atoms with Gasteiger partial charge < -0.3 is 5.32 Å². The summed E-state index contributed by atoms with van der Waals surface area (Å²) in [6, 6.07) is 12.1. The average molecular weight is 335 g/mol. The van der Waals surface area contributed by atoms with Crippen LogP contribution in [0.3, 0.4) is 0 Å². The molecule has 1 N–H and O–H groups in total. The lowest BCUT2D eigenvalue weighted by atomic mass is 10.1. The number of amides is 1. The Balaban J connectivity index is 2.06. The van der Waals surface area contributed by atoms with Crippen molar-refractivity contribution in [3.8, 4) is 0 Å². The molecular formula is C16H19BrN2O. The lowest BCUT2D eigenvalue weighted by Crippen LogP contribution is -2.30. The van der Waals surface area contributed by atoms with Gasteiger partial charge in [-0.25, -0.2) is 0 Å². The Morgan fingerprint density at radius 3 is 2.65 bits per heavy atom. The van der Waals surface area contributed by atoms with Gasteiger partial charge in [0.1, 0.15) is 0 Å². The molecule has 0 bridgehead atoms. The second-order valence-electron chi connectivity index (χ2n) is 4.99. The van der Waals surface area contributed by atoms with Gasteiger partial charge in [-0.1, -0.05) is 35.0 Å². The highest BCUT2D eigenvalue weighted by Gasteiger charge is 2.06. The molecule has 106 valence electrons. The summed E-state index contributed by atoms with van der Waals surface area (Å²) in [5, 5.41) is 5.22. The molecule has 0 fully saturated rings. The Labute approximate surface area is 128 Å². The standard InChI is InChI=1S/C16H19BrN2O/c1-3-8-19(2)11-16(20)18-15-7-5-12-9-14(17)6-4-13(12)10-15/h4-7,9-10H,3,8,11H2,1-2H3,(H,18,20). The molecule has 0 aromatic heterocycles. The topological polar surface area (TPSA) is 32.3 Å². The Kier molecular flexibility index (Phi) is 5.15. The number of carbonyl (C=O) groups is 1. The van der Waals surface area contributed by atoms with Crippen molar-refractivity contribution in [2.45, 2.75) is 13.3 Å². The van der Waals surface area contributed by atoms with Gasteiger partial charge in [0, 0.05) is 10.2 Å². The molecule has 0 aliphatic rings. The van der Waals surface area contributed by atoms with E-state index >= 15 is 0 Å². The van der Waals surface area contributed by atoms with E-state index < -0.39 is 0 Å². The summed E-state index contributed by atoms with van der Waals surface area (Å²) >= 11 is 3.46. The minimum Gasteiger partial charge on any atom is -0.325 e. The first-order chi connectivity index (χ1) is 9.58. The summed E-state index contributed by atoms with van der Waals surface area (Å²) in [4.78, 5) is 13.9. The van der Waals surface area contributed by atoms with Crippen molar-refractivity contribution >= 4 is 38.3 Å². The van der Waals surface area contributed by atoms with Gasteiger partial charge in [-0.2, -0.15) is 0 Å². The van der Waals surface area contributed by atoms with Crippen LogP contribution in [0.2, 0.25) is 0 Å². The van der Waals surface area contributed by atoms with Crippen LogP contribution in [0.1, 0.15) is 13.3 Å². The molecule has 0 atom stereocenters. The monoisotopic (exact) mass is 334 g/mol. The van der Waals surface area contributed by atoms with E-state index in [1.54, 1.807) is 0 Å². The third-order valence-corrected chi connectivity index (χ3v) is 3.60. The number of nitrogens with one attached hydrogen (secondary N) is 1. The zero-order valence-corrected chi connectivity index (χ0v) is 13.4. The summed E-state index contributed by atoms with van der Waals surface area (Å²) < 4.78 is 1.06. The molecule has 0 heterocycles. The van der Waals surface area contributed by atoms with Gasteiger partial charge in [0.25, 0.3) is 0 Å². The summed E-state index contributed by atoms with van der Waals surface area (Å²) in [6.07, 6.45) is 1.05. The second kappa shape index (κ2) is 6.86. The number of anilines is 1. The van der Waals surface area contributed by atoms with Crippen LogP contribution >= 0.6 is 15.9 Å². The average Bonchev–Trinajstić information content (AvgIpc) is 2.39. The Morgan fingerprint density at radius 1 is 1.20 bits per heavy atom. The van der Waals surface area contributed by atoms with Crippen LogP contribution in [0.4, 0.5) is 5.69 Å². The van der Waals surface area contributed by atoms with Crippen LogP contribution in [-0.4, -0.2) is 30.9 Å². The van der Waals surface area contributed by atoms with Gasteiger partial charge in [0.05, 0.1) is 6.54 Å². The largest absolute Gasteiger partial charge is 0.325 e. The first-order valence-electron chi connectivity index (χ1n) is 6.76. The molecule has 20 heavy (non-hydrogen) atoms. The first kappa shape index (κ1) is 15.0. The molecule has 0 spiro atoms. The van der Waals surface area contributed by atoms with Gasteiger partial charge in [-0.15, -0.1) is 0 Å². The van der Waals surface area contributed by atoms with E-state index in [2.05, 4.69) is 34.2 Å². The maximum atomic E-state index is 11.9. The van der Waals surface area contributed by atoms with Crippen molar-refractivity contribution in [2.75, 3.05) is 25.5 Å². The molecule has 3 nitrogen and oxygen atoms in total. The number of nitrogens with zero attached hydrogens (tertiary/aromatic N) is 1. The fourth-order valence-electron chi connectivity index (χ4n) is 2.20. The summed E-state index contributed by atoms with van der Waals surface area (Å²) in [5.74, 6) is 0.0254. The van der Waals surface area contributed by atoms with Crippen LogP contribution < -0.4 is 5.32 Å². The number of carbonyl (C=O) groups excluding carboxylic acids is 1. The van der Waals surface area contributed by atoms with E-state index in [4.69, 9.17) is 0 Å². The van der Waals surface area contributed by atoms with E-state index in [0.717, 1.165) is 33.9 Å². The molecule has 2 aromatic carbocycles. The number of likely N-dealkylation sites (N-methyl/N-ethyl adjacent to an activating group) is 1. The highest BCUT2D eigenvalue weighted by atomic mass is 79.9. The minimum atomic E-state index is 0.0254. The number of benzene rings is 2. The van der Waals surface area contributed by atoms with E-state index in [-0.39, 0.29) is 5.91 Å². The van der Waals surface area contributed by atoms with Crippen molar-refractivity contribution in [2.24, 2.45) is 0 Å². The second-order valence-corrected chi connectivity index (χ2v) is 5.91. The molecule has 0 aliphatic heterocycles. The predicted octanol–water partition coefficient (Wildman–Crippen LogP) is 3.88. The zero-order valence-electron chi connectivity index (χ0n) is 11.8. The lowest BCUT2D eigenvalue weighted by molar-refractivity contribution is -0.117.